The number of likely N-dealkylation sites (tertiary alicyclic amines) is 1. The molecule has 0 aliphatic carbocycles. The normalized spacial score (nSPS) is 17.9. The monoisotopic (exact) mass is 392 g/mol. The Bertz CT molecular complexity index is 976. The Morgan fingerprint density at radius 3 is 2.56 bits per heavy atom. The smallest absolute Gasteiger partial charge is 0.330 e. The van der Waals surface area contributed by atoms with E-state index in [4.69, 9.17) is 0 Å². The molecule has 2 aromatic rings. The standard InChI is InChI=1S/C18H24N4O4S/c1-13-11-19-18(24)22(13)15-8-6-14(7-9-15)17(23)21-10-4-3-5-16(21)12-20-27(2,25)26/h6-9,11,16,20H,3-5,10,12H2,1-2H3,(H,19,24). The van der Waals surface area contributed by atoms with Crippen molar-refractivity contribution >= 4 is 15.9 Å². The molecule has 1 atom stereocenters. The summed E-state index contributed by atoms with van der Waals surface area (Å²) in [5, 5.41) is 0. The van der Waals surface area contributed by atoms with Gasteiger partial charge in [-0.1, -0.05) is 0 Å². The van der Waals surface area contributed by atoms with Crippen molar-refractivity contribution in [3.05, 3.63) is 52.2 Å². The summed E-state index contributed by atoms with van der Waals surface area (Å²) in [5.41, 5.74) is 1.76. The molecule has 0 saturated carbocycles. The fourth-order valence-corrected chi connectivity index (χ4v) is 3.92. The van der Waals surface area contributed by atoms with Crippen molar-refractivity contribution < 1.29 is 13.2 Å². The summed E-state index contributed by atoms with van der Waals surface area (Å²) in [5.74, 6) is -0.125. The first-order valence-corrected chi connectivity index (χ1v) is 10.8. The summed E-state index contributed by atoms with van der Waals surface area (Å²) in [7, 11) is -3.30. The van der Waals surface area contributed by atoms with Gasteiger partial charge in [0.05, 0.1) is 11.9 Å². The second-order valence-electron chi connectivity index (χ2n) is 6.89. The van der Waals surface area contributed by atoms with E-state index in [9.17, 15) is 18.0 Å². The van der Waals surface area contributed by atoms with Gasteiger partial charge in [-0.3, -0.25) is 9.36 Å². The number of carbonyl (C=O) groups excluding carboxylic acids is 1. The molecule has 0 bridgehead atoms. The number of nitrogens with one attached hydrogen (secondary N) is 2. The zero-order valence-corrected chi connectivity index (χ0v) is 16.3. The lowest BCUT2D eigenvalue weighted by atomic mass is 10.0. The third kappa shape index (κ3) is 4.48. The molecule has 27 heavy (non-hydrogen) atoms. The van der Waals surface area contributed by atoms with Gasteiger partial charge >= 0.3 is 5.69 Å². The summed E-state index contributed by atoms with van der Waals surface area (Å²) in [6.07, 6.45) is 5.39. The molecule has 1 aromatic carbocycles. The highest BCUT2D eigenvalue weighted by Crippen LogP contribution is 2.20. The fourth-order valence-electron chi connectivity index (χ4n) is 3.42. The lowest BCUT2D eigenvalue weighted by molar-refractivity contribution is 0.0619. The molecule has 0 spiro atoms. The number of imidazole rings is 1. The molecular weight excluding hydrogens is 368 g/mol. The van der Waals surface area contributed by atoms with Crippen molar-refractivity contribution in [3.8, 4) is 5.69 Å². The van der Waals surface area contributed by atoms with Gasteiger partial charge in [0, 0.05) is 36.6 Å². The van der Waals surface area contributed by atoms with E-state index in [0.717, 1.165) is 31.2 Å². The third-order valence-electron chi connectivity index (χ3n) is 4.80. The molecule has 1 aliphatic heterocycles. The highest BCUT2D eigenvalue weighted by molar-refractivity contribution is 7.88. The highest BCUT2D eigenvalue weighted by Gasteiger charge is 2.28. The van der Waals surface area contributed by atoms with Gasteiger partial charge in [-0.2, -0.15) is 0 Å². The van der Waals surface area contributed by atoms with Gasteiger partial charge in [-0.25, -0.2) is 17.9 Å². The van der Waals surface area contributed by atoms with Crippen molar-refractivity contribution in [3.63, 3.8) is 0 Å². The fraction of sp³-hybridized carbons (Fsp3) is 0.444. The van der Waals surface area contributed by atoms with E-state index in [-0.39, 0.29) is 24.2 Å². The Labute approximate surface area is 158 Å². The first kappa shape index (κ1) is 19.4. The number of rotatable bonds is 5. The first-order valence-electron chi connectivity index (χ1n) is 8.89. The number of nitrogens with zero attached hydrogens (tertiary/aromatic N) is 2. The first-order chi connectivity index (χ1) is 12.8. The van der Waals surface area contributed by atoms with E-state index in [1.807, 2.05) is 6.92 Å². The summed E-state index contributed by atoms with van der Waals surface area (Å²) < 4.78 is 26.8. The lowest BCUT2D eigenvalue weighted by Gasteiger charge is -2.35. The van der Waals surface area contributed by atoms with Crippen LogP contribution in [-0.2, 0) is 10.0 Å². The third-order valence-corrected chi connectivity index (χ3v) is 5.49. The Kier molecular flexibility index (Phi) is 5.52. The molecule has 0 radical (unpaired) electrons. The summed E-state index contributed by atoms with van der Waals surface area (Å²) in [4.78, 5) is 29.2. The van der Waals surface area contributed by atoms with Crippen molar-refractivity contribution in [2.24, 2.45) is 0 Å². The van der Waals surface area contributed by atoms with Gasteiger partial charge < -0.3 is 9.88 Å². The number of carbonyl (C=O) groups is 1. The Morgan fingerprint density at radius 2 is 1.96 bits per heavy atom. The van der Waals surface area contributed by atoms with Crippen molar-refractivity contribution in [1.29, 1.82) is 0 Å². The minimum Gasteiger partial charge on any atom is -0.334 e. The maximum atomic E-state index is 12.9. The zero-order valence-electron chi connectivity index (χ0n) is 15.4. The van der Waals surface area contributed by atoms with Gasteiger partial charge in [0.25, 0.3) is 5.91 Å². The SMILES string of the molecule is Cc1c[nH]c(=O)n1-c1ccc(C(=O)N2CCCCC2CNS(C)(=O)=O)cc1. The predicted octanol–water partition coefficient (Wildman–Crippen LogP) is 1.02. The number of aromatic nitrogens is 2. The van der Waals surface area contributed by atoms with Crippen LogP contribution in [0.2, 0.25) is 0 Å². The molecule has 1 unspecified atom stereocenters. The molecule has 1 aromatic heterocycles. The molecule has 8 nitrogen and oxygen atoms in total. The Hall–Kier alpha value is -2.39. The summed E-state index contributed by atoms with van der Waals surface area (Å²) in [6.45, 7) is 2.65. The number of aryl methyl sites for hydroxylation is 1. The van der Waals surface area contributed by atoms with E-state index in [2.05, 4.69) is 9.71 Å². The maximum absolute atomic E-state index is 12.9. The van der Waals surface area contributed by atoms with Crippen LogP contribution in [0.5, 0.6) is 0 Å². The van der Waals surface area contributed by atoms with Crippen LogP contribution < -0.4 is 10.4 Å². The number of benzene rings is 1. The van der Waals surface area contributed by atoms with Crippen LogP contribution in [0.4, 0.5) is 0 Å². The largest absolute Gasteiger partial charge is 0.334 e. The molecule has 1 fully saturated rings. The zero-order chi connectivity index (χ0) is 19.6. The molecule has 2 heterocycles. The number of amides is 1. The second kappa shape index (κ2) is 7.69. The van der Waals surface area contributed by atoms with E-state index in [0.29, 0.717) is 17.8 Å². The van der Waals surface area contributed by atoms with Gasteiger partial charge in [0.1, 0.15) is 0 Å². The van der Waals surface area contributed by atoms with E-state index < -0.39 is 10.0 Å². The molecule has 1 aliphatic rings. The molecule has 3 rings (SSSR count). The van der Waals surface area contributed by atoms with Crippen LogP contribution in [0.15, 0.2) is 35.3 Å². The maximum Gasteiger partial charge on any atom is 0.330 e. The van der Waals surface area contributed by atoms with Crippen molar-refractivity contribution in [2.45, 2.75) is 32.2 Å². The minimum absolute atomic E-state index is 0.125. The average molecular weight is 392 g/mol. The molecule has 1 amide bonds. The van der Waals surface area contributed by atoms with Gasteiger partial charge in [0.2, 0.25) is 10.0 Å². The van der Waals surface area contributed by atoms with Crippen LogP contribution in [0, 0.1) is 6.92 Å². The van der Waals surface area contributed by atoms with Crippen LogP contribution in [0.1, 0.15) is 35.3 Å². The number of hydrogen-bond donors (Lipinski definition) is 2. The quantitative estimate of drug-likeness (QED) is 0.793. The van der Waals surface area contributed by atoms with E-state index in [1.54, 1.807) is 35.4 Å². The van der Waals surface area contributed by atoms with Gasteiger partial charge in [-0.15, -0.1) is 0 Å². The molecule has 146 valence electrons. The van der Waals surface area contributed by atoms with Gasteiger partial charge in [-0.05, 0) is 50.5 Å². The molecule has 9 heteroatoms. The number of aromatic amines is 1. The van der Waals surface area contributed by atoms with Gasteiger partial charge in [0.15, 0.2) is 0 Å². The minimum atomic E-state index is -3.30. The Balaban J connectivity index is 1.78. The Morgan fingerprint density at radius 1 is 1.26 bits per heavy atom. The topological polar surface area (TPSA) is 104 Å². The van der Waals surface area contributed by atoms with Crippen molar-refractivity contribution in [1.82, 2.24) is 19.2 Å². The summed E-state index contributed by atoms with van der Waals surface area (Å²) in [6, 6.07) is 6.72. The number of piperidine rings is 1. The summed E-state index contributed by atoms with van der Waals surface area (Å²) >= 11 is 0. The van der Waals surface area contributed by atoms with E-state index >= 15 is 0 Å². The molecule has 1 saturated heterocycles. The van der Waals surface area contributed by atoms with Crippen LogP contribution in [0.3, 0.4) is 0 Å². The average Bonchev–Trinajstić information content (AvgIpc) is 2.97. The van der Waals surface area contributed by atoms with Crippen LogP contribution in [-0.4, -0.2) is 54.2 Å². The lowest BCUT2D eigenvalue weighted by Crippen LogP contribution is -2.49. The predicted molar refractivity (Wildman–Crippen MR) is 103 cm³/mol. The van der Waals surface area contributed by atoms with Crippen LogP contribution >= 0.6 is 0 Å². The highest BCUT2D eigenvalue weighted by atomic mass is 32.2. The van der Waals surface area contributed by atoms with E-state index in [1.165, 1.54) is 4.57 Å². The molecular formula is C18H24N4O4S. The number of hydrogen-bond acceptors (Lipinski definition) is 4. The number of sulfonamides is 1. The second-order valence-corrected chi connectivity index (χ2v) is 8.72. The van der Waals surface area contributed by atoms with Crippen molar-refractivity contribution in [2.75, 3.05) is 19.3 Å². The molecule has 2 N–H and O–H groups in total. The van der Waals surface area contributed by atoms with Crippen LogP contribution in [0.25, 0.3) is 5.69 Å². The number of H-pyrrole nitrogens is 1.